The number of hydrogen-bond acceptors (Lipinski definition) is 4. The van der Waals surface area contributed by atoms with Crippen LogP contribution in [0.1, 0.15) is 12.5 Å². The van der Waals surface area contributed by atoms with Gasteiger partial charge in [-0.05, 0) is 42.0 Å². The fourth-order valence-electron chi connectivity index (χ4n) is 2.02. The third kappa shape index (κ3) is 7.87. The van der Waals surface area contributed by atoms with Crippen LogP contribution in [0.25, 0.3) is 0 Å². The summed E-state index contributed by atoms with van der Waals surface area (Å²) in [6.45, 7) is 3.29. The summed E-state index contributed by atoms with van der Waals surface area (Å²) in [6.07, 6.45) is 0. The van der Waals surface area contributed by atoms with Crippen molar-refractivity contribution in [2.24, 2.45) is 11.7 Å². The van der Waals surface area contributed by atoms with Crippen molar-refractivity contribution in [3.8, 4) is 5.75 Å². The molecule has 0 spiro atoms. The van der Waals surface area contributed by atoms with Gasteiger partial charge < -0.3 is 15.8 Å². The molecule has 4 nitrogen and oxygen atoms in total. The molecule has 26 heavy (non-hydrogen) atoms. The molecule has 0 aromatic heterocycles. The first-order chi connectivity index (χ1) is 12.1. The lowest BCUT2D eigenvalue weighted by atomic mass is 10.1. The van der Waals surface area contributed by atoms with Gasteiger partial charge in [0.05, 0.1) is 6.61 Å². The molecule has 0 saturated carbocycles. The SMILES string of the molecule is CC(CN)C(=O)NCc1ccc(OCCSc2ccc(Cl)cc2)cc1.Cl. The van der Waals surface area contributed by atoms with Crippen LogP contribution in [0.3, 0.4) is 0 Å². The van der Waals surface area contributed by atoms with Crippen molar-refractivity contribution in [2.75, 3.05) is 18.9 Å². The smallest absolute Gasteiger partial charge is 0.224 e. The first-order valence-electron chi connectivity index (χ1n) is 8.16. The van der Waals surface area contributed by atoms with E-state index in [2.05, 4.69) is 5.32 Å². The first-order valence-corrected chi connectivity index (χ1v) is 9.52. The quantitative estimate of drug-likeness (QED) is 0.477. The topological polar surface area (TPSA) is 64.4 Å². The zero-order valence-electron chi connectivity index (χ0n) is 14.6. The van der Waals surface area contributed by atoms with Gasteiger partial charge in [-0.1, -0.05) is 30.7 Å². The van der Waals surface area contributed by atoms with Gasteiger partial charge in [0.1, 0.15) is 5.75 Å². The maximum Gasteiger partial charge on any atom is 0.224 e. The molecule has 2 aromatic carbocycles. The van der Waals surface area contributed by atoms with Crippen LogP contribution in [-0.2, 0) is 11.3 Å². The largest absolute Gasteiger partial charge is 0.493 e. The summed E-state index contributed by atoms with van der Waals surface area (Å²) in [7, 11) is 0. The zero-order valence-corrected chi connectivity index (χ0v) is 17.0. The average molecular weight is 415 g/mol. The fraction of sp³-hybridized carbons (Fsp3) is 0.316. The number of hydrogen-bond donors (Lipinski definition) is 2. The van der Waals surface area contributed by atoms with Crippen molar-refractivity contribution in [3.05, 3.63) is 59.1 Å². The van der Waals surface area contributed by atoms with Crippen molar-refractivity contribution in [3.63, 3.8) is 0 Å². The number of nitrogens with one attached hydrogen (secondary N) is 1. The lowest BCUT2D eigenvalue weighted by Gasteiger charge is -2.11. The number of halogens is 2. The van der Waals surface area contributed by atoms with Crippen LogP contribution in [0.2, 0.25) is 5.02 Å². The highest BCUT2D eigenvalue weighted by atomic mass is 35.5. The van der Waals surface area contributed by atoms with E-state index in [0.29, 0.717) is 19.7 Å². The Balaban J connectivity index is 0.00000338. The first kappa shape index (κ1) is 22.6. The van der Waals surface area contributed by atoms with E-state index in [1.54, 1.807) is 11.8 Å². The van der Waals surface area contributed by atoms with Crippen molar-refractivity contribution >= 4 is 41.7 Å². The highest BCUT2D eigenvalue weighted by Crippen LogP contribution is 2.20. The Labute approximate surface area is 170 Å². The fourth-order valence-corrected chi connectivity index (χ4v) is 2.88. The van der Waals surface area contributed by atoms with Gasteiger partial charge in [0.2, 0.25) is 5.91 Å². The van der Waals surface area contributed by atoms with Crippen LogP contribution in [0.15, 0.2) is 53.4 Å². The predicted octanol–water partition coefficient (Wildman–Crippen LogP) is 4.14. The molecule has 0 bridgehead atoms. The number of ether oxygens (including phenoxy) is 1. The van der Waals surface area contributed by atoms with Crippen molar-refractivity contribution in [2.45, 2.75) is 18.4 Å². The van der Waals surface area contributed by atoms with Gasteiger partial charge in [-0.25, -0.2) is 0 Å². The number of benzene rings is 2. The summed E-state index contributed by atoms with van der Waals surface area (Å²) < 4.78 is 5.74. The second kappa shape index (κ2) is 12.1. The second-order valence-electron chi connectivity index (χ2n) is 5.65. The summed E-state index contributed by atoms with van der Waals surface area (Å²) in [6, 6.07) is 15.5. The number of carbonyl (C=O) groups is 1. The lowest BCUT2D eigenvalue weighted by Crippen LogP contribution is -2.32. The molecule has 0 fully saturated rings. The number of nitrogens with two attached hydrogens (primary N) is 1. The monoisotopic (exact) mass is 414 g/mol. The third-order valence-electron chi connectivity index (χ3n) is 3.63. The van der Waals surface area contributed by atoms with Crippen LogP contribution in [0.5, 0.6) is 5.75 Å². The molecule has 0 radical (unpaired) electrons. The predicted molar refractivity (Wildman–Crippen MR) is 111 cm³/mol. The van der Waals surface area contributed by atoms with Crippen molar-refractivity contribution < 1.29 is 9.53 Å². The average Bonchev–Trinajstić information content (AvgIpc) is 2.65. The Morgan fingerprint density at radius 2 is 1.85 bits per heavy atom. The Bertz CT molecular complexity index is 666. The molecule has 1 unspecified atom stereocenters. The van der Waals surface area contributed by atoms with Crippen LogP contribution < -0.4 is 15.8 Å². The minimum atomic E-state index is -0.166. The summed E-state index contributed by atoms with van der Waals surface area (Å²) in [5, 5.41) is 3.62. The van der Waals surface area contributed by atoms with Gasteiger partial charge in [0.25, 0.3) is 0 Å². The van der Waals surface area contributed by atoms with E-state index < -0.39 is 0 Å². The molecular formula is C19H24Cl2N2O2S. The molecule has 7 heteroatoms. The van der Waals surface area contributed by atoms with E-state index in [1.165, 1.54) is 4.90 Å². The van der Waals surface area contributed by atoms with Gasteiger partial charge in [-0.3, -0.25) is 4.79 Å². The van der Waals surface area contributed by atoms with Crippen LogP contribution in [0, 0.1) is 5.92 Å². The molecule has 0 saturated heterocycles. The van der Waals surface area contributed by atoms with Crippen molar-refractivity contribution in [1.29, 1.82) is 0 Å². The van der Waals surface area contributed by atoms with E-state index in [4.69, 9.17) is 22.1 Å². The van der Waals surface area contributed by atoms with E-state index in [1.807, 2.05) is 55.5 Å². The zero-order chi connectivity index (χ0) is 18.1. The molecule has 1 atom stereocenters. The molecule has 0 heterocycles. The van der Waals surface area contributed by atoms with E-state index in [9.17, 15) is 4.79 Å². The highest BCUT2D eigenvalue weighted by molar-refractivity contribution is 7.99. The number of amides is 1. The highest BCUT2D eigenvalue weighted by Gasteiger charge is 2.09. The van der Waals surface area contributed by atoms with Gasteiger partial charge >= 0.3 is 0 Å². The Hall–Kier alpha value is -1.40. The molecule has 0 aliphatic carbocycles. The summed E-state index contributed by atoms with van der Waals surface area (Å²) in [4.78, 5) is 12.9. The van der Waals surface area contributed by atoms with Crippen molar-refractivity contribution in [1.82, 2.24) is 5.32 Å². The molecule has 1 amide bonds. The second-order valence-corrected chi connectivity index (χ2v) is 7.25. The Morgan fingerprint density at radius 3 is 2.46 bits per heavy atom. The minimum Gasteiger partial charge on any atom is -0.493 e. The minimum absolute atomic E-state index is 0. The molecule has 0 aliphatic heterocycles. The summed E-state index contributed by atoms with van der Waals surface area (Å²) in [5.74, 6) is 1.49. The summed E-state index contributed by atoms with van der Waals surface area (Å²) in [5.41, 5.74) is 6.51. The number of carbonyl (C=O) groups excluding carboxylic acids is 1. The van der Waals surface area contributed by atoms with Crippen LogP contribution >= 0.6 is 35.8 Å². The molecule has 3 N–H and O–H groups in total. The van der Waals surface area contributed by atoms with E-state index >= 15 is 0 Å². The van der Waals surface area contributed by atoms with E-state index in [-0.39, 0.29) is 24.2 Å². The Kier molecular flexibility index (Phi) is 10.5. The Morgan fingerprint density at radius 1 is 1.19 bits per heavy atom. The van der Waals surface area contributed by atoms with Gasteiger partial charge in [0.15, 0.2) is 0 Å². The lowest BCUT2D eigenvalue weighted by molar-refractivity contribution is -0.124. The maximum absolute atomic E-state index is 11.7. The van der Waals surface area contributed by atoms with E-state index in [0.717, 1.165) is 22.1 Å². The normalized spacial score (nSPS) is 11.3. The molecule has 142 valence electrons. The molecule has 2 aromatic rings. The summed E-state index contributed by atoms with van der Waals surface area (Å²) >= 11 is 7.59. The standard InChI is InChI=1S/C19H23ClN2O2S.ClH/c1-14(12-21)19(23)22-13-15-2-6-17(7-3-15)24-10-11-25-18-8-4-16(20)5-9-18;/h2-9,14H,10-13,21H2,1H3,(H,22,23);1H. The van der Waals surface area contributed by atoms with Gasteiger partial charge in [-0.2, -0.15) is 0 Å². The number of thioether (sulfide) groups is 1. The number of rotatable bonds is 9. The molecule has 2 rings (SSSR count). The maximum atomic E-state index is 11.7. The van der Waals surface area contributed by atoms with Gasteiger partial charge in [-0.15, -0.1) is 24.2 Å². The molecule has 0 aliphatic rings. The molecular weight excluding hydrogens is 391 g/mol. The van der Waals surface area contributed by atoms with Crippen LogP contribution in [-0.4, -0.2) is 24.8 Å². The van der Waals surface area contributed by atoms with Gasteiger partial charge in [0, 0.05) is 34.7 Å². The van der Waals surface area contributed by atoms with Crippen LogP contribution in [0.4, 0.5) is 0 Å². The third-order valence-corrected chi connectivity index (χ3v) is 4.85.